The van der Waals surface area contributed by atoms with Gasteiger partial charge in [0, 0.05) is 12.0 Å². The molecule has 0 saturated heterocycles. The van der Waals surface area contributed by atoms with Crippen molar-refractivity contribution in [3.05, 3.63) is 59.9 Å². The molecule has 5 nitrogen and oxygen atoms in total. The third kappa shape index (κ3) is 3.88. The number of hydrogen-bond donors (Lipinski definition) is 1. The van der Waals surface area contributed by atoms with Crippen LogP contribution in [-0.2, 0) is 6.54 Å². The van der Waals surface area contributed by atoms with Crippen LogP contribution < -0.4 is 4.74 Å². The van der Waals surface area contributed by atoms with Crippen molar-refractivity contribution < 1.29 is 14.6 Å². The van der Waals surface area contributed by atoms with Crippen LogP contribution in [0.3, 0.4) is 0 Å². The maximum Gasteiger partial charge on any atom is 0.162 e. The molecule has 0 aliphatic rings. The summed E-state index contributed by atoms with van der Waals surface area (Å²) in [5, 5.41) is 10.3. The van der Waals surface area contributed by atoms with Gasteiger partial charge in [0.2, 0.25) is 0 Å². The zero-order valence-corrected chi connectivity index (χ0v) is 14.5. The van der Waals surface area contributed by atoms with Crippen LogP contribution in [0.15, 0.2) is 48.5 Å². The molecule has 1 N–H and O–H groups in total. The van der Waals surface area contributed by atoms with E-state index < -0.39 is 6.10 Å². The third-order valence-corrected chi connectivity index (χ3v) is 4.18. The summed E-state index contributed by atoms with van der Waals surface area (Å²) in [6.07, 6.45) is -0.176. The second-order valence-corrected chi connectivity index (χ2v) is 6.02. The SMILES string of the molecule is CCC(=O)c1ccc(OCC(O)Cn2c(C)nc3ccccc32)cc1. The predicted octanol–water partition coefficient (Wildman–Crippen LogP) is 3.38. The van der Waals surface area contributed by atoms with Gasteiger partial charge in [-0.05, 0) is 43.3 Å². The fourth-order valence-corrected chi connectivity index (χ4v) is 2.82. The average molecular weight is 338 g/mol. The zero-order valence-electron chi connectivity index (χ0n) is 14.5. The average Bonchev–Trinajstić information content (AvgIpc) is 2.95. The van der Waals surface area contributed by atoms with Crippen molar-refractivity contribution in [2.24, 2.45) is 0 Å². The Bertz CT molecular complexity index is 868. The van der Waals surface area contributed by atoms with Gasteiger partial charge in [0.1, 0.15) is 24.3 Å². The molecule has 5 heteroatoms. The summed E-state index contributed by atoms with van der Waals surface area (Å²) >= 11 is 0. The van der Waals surface area contributed by atoms with Crippen molar-refractivity contribution in [2.75, 3.05) is 6.61 Å². The van der Waals surface area contributed by atoms with Crippen LogP contribution in [-0.4, -0.2) is 33.2 Å². The minimum absolute atomic E-state index is 0.106. The maximum atomic E-state index is 11.6. The van der Waals surface area contributed by atoms with Crippen molar-refractivity contribution >= 4 is 16.8 Å². The smallest absolute Gasteiger partial charge is 0.162 e. The van der Waals surface area contributed by atoms with E-state index in [0.29, 0.717) is 24.3 Å². The van der Waals surface area contributed by atoms with Crippen molar-refractivity contribution in [3.8, 4) is 5.75 Å². The quantitative estimate of drug-likeness (QED) is 0.671. The molecule has 130 valence electrons. The van der Waals surface area contributed by atoms with Crippen LogP contribution in [0.25, 0.3) is 11.0 Å². The van der Waals surface area contributed by atoms with Crippen LogP contribution in [0.1, 0.15) is 29.5 Å². The number of imidazole rings is 1. The van der Waals surface area contributed by atoms with Gasteiger partial charge in [-0.15, -0.1) is 0 Å². The Balaban J connectivity index is 1.62. The lowest BCUT2D eigenvalue weighted by Crippen LogP contribution is -2.24. The number of ether oxygens (including phenoxy) is 1. The first kappa shape index (κ1) is 17.2. The molecule has 0 saturated carbocycles. The molecular weight excluding hydrogens is 316 g/mol. The molecule has 0 spiro atoms. The number of aryl methyl sites for hydroxylation is 1. The molecule has 0 amide bonds. The molecule has 0 radical (unpaired) electrons. The molecule has 0 aliphatic carbocycles. The van der Waals surface area contributed by atoms with Crippen molar-refractivity contribution in [1.29, 1.82) is 0 Å². The van der Waals surface area contributed by atoms with Gasteiger partial charge in [-0.2, -0.15) is 0 Å². The van der Waals surface area contributed by atoms with Crippen LogP contribution in [0.2, 0.25) is 0 Å². The Morgan fingerprint density at radius 2 is 1.92 bits per heavy atom. The van der Waals surface area contributed by atoms with Gasteiger partial charge in [0.25, 0.3) is 0 Å². The first-order chi connectivity index (χ1) is 12.1. The molecule has 0 bridgehead atoms. The molecule has 3 rings (SSSR count). The highest BCUT2D eigenvalue weighted by atomic mass is 16.5. The molecule has 1 heterocycles. The monoisotopic (exact) mass is 338 g/mol. The van der Waals surface area contributed by atoms with Crippen LogP contribution >= 0.6 is 0 Å². The molecule has 1 aromatic heterocycles. The number of aliphatic hydroxyl groups is 1. The molecule has 1 unspecified atom stereocenters. The fourth-order valence-electron chi connectivity index (χ4n) is 2.82. The Hall–Kier alpha value is -2.66. The van der Waals surface area contributed by atoms with Crippen molar-refractivity contribution in [2.45, 2.75) is 32.9 Å². The molecule has 0 fully saturated rings. The lowest BCUT2D eigenvalue weighted by atomic mass is 10.1. The Morgan fingerprint density at radius 1 is 1.20 bits per heavy atom. The minimum atomic E-state index is -0.659. The molecular formula is C20H22N2O3. The molecule has 3 aromatic rings. The van der Waals surface area contributed by atoms with E-state index in [4.69, 9.17) is 4.74 Å². The Kier molecular flexibility index (Phi) is 5.14. The van der Waals surface area contributed by atoms with Crippen LogP contribution in [0, 0.1) is 6.92 Å². The van der Waals surface area contributed by atoms with E-state index in [1.807, 2.05) is 42.7 Å². The van der Waals surface area contributed by atoms with E-state index in [2.05, 4.69) is 4.98 Å². The maximum absolute atomic E-state index is 11.6. The van der Waals surface area contributed by atoms with E-state index in [9.17, 15) is 9.90 Å². The summed E-state index contributed by atoms with van der Waals surface area (Å²) in [7, 11) is 0. The van der Waals surface area contributed by atoms with Gasteiger partial charge in [-0.1, -0.05) is 19.1 Å². The number of ketones is 1. The summed E-state index contributed by atoms with van der Waals surface area (Å²) in [6.45, 7) is 4.35. The lowest BCUT2D eigenvalue weighted by molar-refractivity contribution is 0.0927. The first-order valence-corrected chi connectivity index (χ1v) is 8.44. The fraction of sp³-hybridized carbons (Fsp3) is 0.300. The minimum Gasteiger partial charge on any atom is -0.491 e. The largest absolute Gasteiger partial charge is 0.491 e. The van der Waals surface area contributed by atoms with Gasteiger partial charge >= 0.3 is 0 Å². The standard InChI is InChI=1S/C20H22N2O3/c1-3-20(24)15-8-10-17(11-9-15)25-13-16(23)12-22-14(2)21-18-6-4-5-7-19(18)22/h4-11,16,23H,3,12-13H2,1-2H3. The van der Waals surface area contributed by atoms with E-state index in [1.165, 1.54) is 0 Å². The highest BCUT2D eigenvalue weighted by Gasteiger charge is 2.12. The second-order valence-electron chi connectivity index (χ2n) is 6.02. The summed E-state index contributed by atoms with van der Waals surface area (Å²) in [6, 6.07) is 14.9. The molecule has 25 heavy (non-hydrogen) atoms. The zero-order chi connectivity index (χ0) is 17.8. The number of fused-ring (bicyclic) bond motifs is 1. The first-order valence-electron chi connectivity index (χ1n) is 8.44. The van der Waals surface area contributed by atoms with Gasteiger partial charge in [0.15, 0.2) is 5.78 Å². The number of benzene rings is 2. The van der Waals surface area contributed by atoms with E-state index in [0.717, 1.165) is 16.9 Å². The number of rotatable bonds is 7. The summed E-state index contributed by atoms with van der Waals surface area (Å²) in [5.74, 6) is 1.61. The number of carbonyl (C=O) groups is 1. The Labute approximate surface area is 146 Å². The van der Waals surface area contributed by atoms with E-state index >= 15 is 0 Å². The number of aliphatic hydroxyl groups excluding tert-OH is 1. The molecule has 2 aromatic carbocycles. The van der Waals surface area contributed by atoms with Gasteiger partial charge in [0.05, 0.1) is 17.6 Å². The predicted molar refractivity (Wildman–Crippen MR) is 97.0 cm³/mol. The molecule has 1 atom stereocenters. The lowest BCUT2D eigenvalue weighted by Gasteiger charge is -2.15. The van der Waals surface area contributed by atoms with Crippen LogP contribution in [0.4, 0.5) is 0 Å². The topological polar surface area (TPSA) is 64.3 Å². The summed E-state index contributed by atoms with van der Waals surface area (Å²) in [5.41, 5.74) is 2.60. The van der Waals surface area contributed by atoms with Gasteiger partial charge in [-0.3, -0.25) is 4.79 Å². The summed E-state index contributed by atoms with van der Waals surface area (Å²) in [4.78, 5) is 16.1. The highest BCUT2D eigenvalue weighted by Crippen LogP contribution is 2.17. The number of nitrogens with zero attached hydrogens (tertiary/aromatic N) is 2. The van der Waals surface area contributed by atoms with Crippen molar-refractivity contribution in [1.82, 2.24) is 9.55 Å². The normalized spacial score (nSPS) is 12.3. The second kappa shape index (κ2) is 7.49. The number of para-hydroxylation sites is 2. The number of aromatic nitrogens is 2. The van der Waals surface area contributed by atoms with Crippen LogP contribution in [0.5, 0.6) is 5.75 Å². The van der Waals surface area contributed by atoms with Crippen molar-refractivity contribution in [3.63, 3.8) is 0 Å². The number of carbonyl (C=O) groups excluding carboxylic acids is 1. The Morgan fingerprint density at radius 3 is 2.64 bits per heavy atom. The highest BCUT2D eigenvalue weighted by molar-refractivity contribution is 5.95. The van der Waals surface area contributed by atoms with E-state index in [1.54, 1.807) is 24.3 Å². The van der Waals surface area contributed by atoms with Gasteiger partial charge in [-0.25, -0.2) is 4.98 Å². The van der Waals surface area contributed by atoms with E-state index in [-0.39, 0.29) is 12.4 Å². The number of Topliss-reactive ketones (excluding diaryl/α,β-unsaturated/α-hetero) is 1. The third-order valence-electron chi connectivity index (χ3n) is 4.18. The summed E-state index contributed by atoms with van der Waals surface area (Å²) < 4.78 is 7.63. The van der Waals surface area contributed by atoms with Gasteiger partial charge < -0.3 is 14.4 Å². The molecule has 0 aliphatic heterocycles. The number of hydrogen-bond acceptors (Lipinski definition) is 4.